The highest BCUT2D eigenvalue weighted by Crippen LogP contribution is 1.96. The van der Waals surface area contributed by atoms with E-state index >= 15 is 0 Å². The lowest BCUT2D eigenvalue weighted by atomic mass is 10.1. The van der Waals surface area contributed by atoms with Gasteiger partial charge in [-0.15, -0.1) is 0 Å². The minimum atomic E-state index is -0.855. The Morgan fingerprint density at radius 2 is 1.77 bits per heavy atom. The first-order chi connectivity index (χ1) is 5.91. The van der Waals surface area contributed by atoms with E-state index in [1.165, 1.54) is 0 Å². The third-order valence-corrected chi connectivity index (χ3v) is 1.56. The van der Waals surface area contributed by atoms with Crippen LogP contribution in [-0.2, 0) is 9.59 Å². The van der Waals surface area contributed by atoms with Gasteiger partial charge >= 0.3 is 5.97 Å². The zero-order valence-corrected chi connectivity index (χ0v) is 7.91. The summed E-state index contributed by atoms with van der Waals surface area (Å²) in [5, 5.41) is 11.4. The summed E-state index contributed by atoms with van der Waals surface area (Å²) in [6.45, 7) is 3.55. The standard InChI is InChI=1S/C8H16N2O3/c1-5(3-7(9)11)10-6(2)4-8(12)13/h5-6,10H,3-4H2,1-2H3,(H2,9,11)(H,12,13). The predicted molar refractivity (Wildman–Crippen MR) is 48.1 cm³/mol. The molecule has 0 saturated heterocycles. The molecule has 2 atom stereocenters. The first kappa shape index (κ1) is 11.9. The zero-order chi connectivity index (χ0) is 10.4. The second-order valence-electron chi connectivity index (χ2n) is 3.24. The van der Waals surface area contributed by atoms with E-state index in [1.54, 1.807) is 13.8 Å². The molecule has 0 rings (SSSR count). The SMILES string of the molecule is CC(CC(N)=O)NC(C)CC(=O)O. The average Bonchev–Trinajstić information content (AvgIpc) is 1.80. The van der Waals surface area contributed by atoms with Crippen molar-refractivity contribution in [1.82, 2.24) is 5.32 Å². The van der Waals surface area contributed by atoms with Crippen molar-refractivity contribution in [2.75, 3.05) is 0 Å². The van der Waals surface area contributed by atoms with Crippen molar-refractivity contribution in [3.05, 3.63) is 0 Å². The van der Waals surface area contributed by atoms with Crippen molar-refractivity contribution >= 4 is 11.9 Å². The molecule has 0 aromatic rings. The van der Waals surface area contributed by atoms with E-state index in [0.29, 0.717) is 0 Å². The van der Waals surface area contributed by atoms with E-state index in [9.17, 15) is 9.59 Å². The molecule has 13 heavy (non-hydrogen) atoms. The van der Waals surface area contributed by atoms with Gasteiger partial charge in [-0.2, -0.15) is 0 Å². The maximum Gasteiger partial charge on any atom is 0.304 e. The summed E-state index contributed by atoms with van der Waals surface area (Å²) in [5.74, 6) is -1.24. The van der Waals surface area contributed by atoms with Crippen LogP contribution in [0.1, 0.15) is 26.7 Å². The third kappa shape index (κ3) is 7.27. The molecule has 0 aliphatic carbocycles. The summed E-state index contributed by atoms with van der Waals surface area (Å²) in [6, 6.07) is -0.223. The van der Waals surface area contributed by atoms with Crippen LogP contribution in [0.15, 0.2) is 0 Å². The molecule has 5 heteroatoms. The number of rotatable bonds is 6. The molecule has 2 unspecified atom stereocenters. The highest BCUT2D eigenvalue weighted by atomic mass is 16.4. The molecule has 0 spiro atoms. The summed E-state index contributed by atoms with van der Waals surface area (Å²) >= 11 is 0. The van der Waals surface area contributed by atoms with E-state index < -0.39 is 5.97 Å². The van der Waals surface area contributed by atoms with Crippen molar-refractivity contribution in [3.63, 3.8) is 0 Å². The molecule has 0 bridgehead atoms. The number of hydrogen-bond donors (Lipinski definition) is 3. The Kier molecular flexibility index (Phi) is 5.06. The zero-order valence-electron chi connectivity index (χ0n) is 7.91. The molecule has 76 valence electrons. The van der Waals surface area contributed by atoms with E-state index in [1.807, 2.05) is 0 Å². The molecule has 0 aliphatic rings. The fourth-order valence-electron chi connectivity index (χ4n) is 1.17. The van der Waals surface area contributed by atoms with Crippen molar-refractivity contribution in [1.29, 1.82) is 0 Å². The molecule has 0 saturated carbocycles. The van der Waals surface area contributed by atoms with Gasteiger partial charge in [-0.1, -0.05) is 0 Å². The number of carboxylic acid groups (broad SMARTS) is 1. The van der Waals surface area contributed by atoms with Crippen LogP contribution in [0.2, 0.25) is 0 Å². The van der Waals surface area contributed by atoms with Crippen LogP contribution in [0.5, 0.6) is 0 Å². The number of carbonyl (C=O) groups is 2. The number of amides is 1. The van der Waals surface area contributed by atoms with Gasteiger partial charge in [0, 0.05) is 18.5 Å². The van der Waals surface area contributed by atoms with E-state index in [-0.39, 0.29) is 30.8 Å². The Morgan fingerprint density at radius 1 is 1.31 bits per heavy atom. The molecule has 1 amide bonds. The average molecular weight is 188 g/mol. The smallest absolute Gasteiger partial charge is 0.304 e. The van der Waals surface area contributed by atoms with Crippen LogP contribution in [-0.4, -0.2) is 29.1 Å². The molecule has 0 heterocycles. The van der Waals surface area contributed by atoms with E-state index in [0.717, 1.165) is 0 Å². The highest BCUT2D eigenvalue weighted by molar-refractivity contribution is 5.74. The summed E-state index contributed by atoms with van der Waals surface area (Å²) in [5.41, 5.74) is 4.98. The molecule has 0 radical (unpaired) electrons. The lowest BCUT2D eigenvalue weighted by Crippen LogP contribution is -2.38. The first-order valence-electron chi connectivity index (χ1n) is 4.18. The number of hydrogen-bond acceptors (Lipinski definition) is 3. The van der Waals surface area contributed by atoms with Gasteiger partial charge in [0.2, 0.25) is 5.91 Å². The number of carboxylic acids is 1. The quantitative estimate of drug-likeness (QED) is 0.533. The summed E-state index contributed by atoms with van der Waals surface area (Å²) in [4.78, 5) is 20.8. The van der Waals surface area contributed by atoms with Crippen molar-refractivity contribution in [2.45, 2.75) is 38.8 Å². The fourth-order valence-corrected chi connectivity index (χ4v) is 1.17. The van der Waals surface area contributed by atoms with Crippen molar-refractivity contribution < 1.29 is 14.7 Å². The summed E-state index contributed by atoms with van der Waals surface area (Å²) in [6.07, 6.45) is 0.271. The molecule has 5 nitrogen and oxygen atoms in total. The van der Waals surface area contributed by atoms with Crippen LogP contribution >= 0.6 is 0 Å². The normalized spacial score (nSPS) is 14.9. The monoisotopic (exact) mass is 188 g/mol. The summed E-state index contributed by atoms with van der Waals surface area (Å²) < 4.78 is 0. The summed E-state index contributed by atoms with van der Waals surface area (Å²) in [7, 11) is 0. The van der Waals surface area contributed by atoms with Gasteiger partial charge in [-0.25, -0.2) is 0 Å². The lowest BCUT2D eigenvalue weighted by Gasteiger charge is -2.16. The number of nitrogens with two attached hydrogens (primary N) is 1. The fraction of sp³-hybridized carbons (Fsp3) is 0.750. The Labute approximate surface area is 77.3 Å². The molecule has 0 aromatic carbocycles. The minimum absolute atomic E-state index is 0.0447. The Hall–Kier alpha value is -1.10. The topological polar surface area (TPSA) is 92.4 Å². The number of nitrogens with one attached hydrogen (secondary N) is 1. The minimum Gasteiger partial charge on any atom is -0.481 e. The Bertz CT molecular complexity index is 174. The van der Waals surface area contributed by atoms with Gasteiger partial charge in [0.15, 0.2) is 0 Å². The van der Waals surface area contributed by atoms with Crippen LogP contribution < -0.4 is 11.1 Å². The van der Waals surface area contributed by atoms with E-state index in [2.05, 4.69) is 5.32 Å². The molecule has 0 fully saturated rings. The van der Waals surface area contributed by atoms with Crippen molar-refractivity contribution in [2.24, 2.45) is 5.73 Å². The Balaban J connectivity index is 3.70. The van der Waals surface area contributed by atoms with Crippen LogP contribution in [0, 0.1) is 0 Å². The van der Waals surface area contributed by atoms with Gasteiger partial charge in [0.05, 0.1) is 6.42 Å². The molecule has 0 aromatic heterocycles. The maximum absolute atomic E-state index is 10.5. The largest absolute Gasteiger partial charge is 0.481 e. The van der Waals surface area contributed by atoms with Gasteiger partial charge < -0.3 is 16.2 Å². The predicted octanol–water partition coefficient (Wildman–Crippen LogP) is -0.297. The van der Waals surface area contributed by atoms with Gasteiger partial charge in [-0.3, -0.25) is 9.59 Å². The second kappa shape index (κ2) is 5.53. The molecule has 4 N–H and O–H groups in total. The van der Waals surface area contributed by atoms with Crippen LogP contribution in [0.25, 0.3) is 0 Å². The Morgan fingerprint density at radius 3 is 2.15 bits per heavy atom. The number of aliphatic carboxylic acids is 1. The highest BCUT2D eigenvalue weighted by Gasteiger charge is 2.11. The number of carbonyl (C=O) groups excluding carboxylic acids is 1. The second-order valence-corrected chi connectivity index (χ2v) is 3.24. The molecule has 0 aliphatic heterocycles. The van der Waals surface area contributed by atoms with Gasteiger partial charge in [0.1, 0.15) is 0 Å². The third-order valence-electron chi connectivity index (χ3n) is 1.56. The number of primary amides is 1. The molecular formula is C8H16N2O3. The first-order valence-corrected chi connectivity index (χ1v) is 4.18. The molecular weight excluding hydrogens is 172 g/mol. The van der Waals surface area contributed by atoms with Gasteiger partial charge in [-0.05, 0) is 13.8 Å². The van der Waals surface area contributed by atoms with Gasteiger partial charge in [0.25, 0.3) is 0 Å². The van der Waals surface area contributed by atoms with Crippen LogP contribution in [0.4, 0.5) is 0 Å². The van der Waals surface area contributed by atoms with Crippen LogP contribution in [0.3, 0.4) is 0 Å². The van der Waals surface area contributed by atoms with Crippen molar-refractivity contribution in [3.8, 4) is 0 Å². The maximum atomic E-state index is 10.5. The lowest BCUT2D eigenvalue weighted by molar-refractivity contribution is -0.137. The van der Waals surface area contributed by atoms with E-state index in [4.69, 9.17) is 10.8 Å².